The Labute approximate surface area is 175 Å². The summed E-state index contributed by atoms with van der Waals surface area (Å²) < 4.78 is 17.2. The van der Waals surface area contributed by atoms with Gasteiger partial charge in [0.15, 0.2) is 0 Å². The van der Waals surface area contributed by atoms with Gasteiger partial charge in [0.25, 0.3) is 5.91 Å². The molecule has 0 saturated heterocycles. The number of nitrogens with two attached hydrogens (primary N) is 1. The molecule has 0 saturated carbocycles. The van der Waals surface area contributed by atoms with Crippen LogP contribution in [0.25, 0.3) is 0 Å². The minimum absolute atomic E-state index is 0.0606. The molecule has 30 heavy (non-hydrogen) atoms. The largest absolute Gasteiger partial charge is 0.493 e. The Hall–Kier alpha value is -3.52. The van der Waals surface area contributed by atoms with Crippen LogP contribution in [0.2, 0.25) is 0 Å². The molecule has 2 aromatic rings. The fraction of sp³-hybridized carbons (Fsp3) is 0.273. The van der Waals surface area contributed by atoms with E-state index in [1.54, 1.807) is 38.4 Å². The average molecular weight is 411 g/mol. The lowest BCUT2D eigenvalue weighted by Gasteiger charge is -2.15. The summed E-state index contributed by atoms with van der Waals surface area (Å²) in [5.74, 6) is 1.77. The number of aliphatic hydroxyl groups is 1. The highest BCUT2D eigenvalue weighted by atomic mass is 16.5. The van der Waals surface area contributed by atoms with Crippen molar-refractivity contribution in [2.24, 2.45) is 10.7 Å². The van der Waals surface area contributed by atoms with Gasteiger partial charge in [-0.1, -0.05) is 0 Å². The van der Waals surface area contributed by atoms with Gasteiger partial charge in [-0.25, -0.2) is 0 Å². The summed E-state index contributed by atoms with van der Waals surface area (Å²) in [5.41, 5.74) is 7.06. The first-order chi connectivity index (χ1) is 14.5. The highest BCUT2D eigenvalue weighted by Crippen LogP contribution is 2.33. The molecule has 1 heterocycles. The molecule has 2 aromatic carbocycles. The summed E-state index contributed by atoms with van der Waals surface area (Å²) in [6, 6.07) is 10.3. The van der Waals surface area contributed by atoms with Crippen LogP contribution < -0.4 is 25.3 Å². The van der Waals surface area contributed by atoms with Crippen molar-refractivity contribution in [3.05, 3.63) is 59.8 Å². The van der Waals surface area contributed by atoms with Gasteiger partial charge in [-0.15, -0.1) is 0 Å². The molecule has 8 nitrogen and oxygen atoms in total. The van der Waals surface area contributed by atoms with E-state index in [1.165, 1.54) is 12.1 Å². The number of amidine groups is 1. The zero-order valence-electron chi connectivity index (χ0n) is 16.9. The van der Waals surface area contributed by atoms with E-state index in [2.05, 4.69) is 10.3 Å². The molecule has 3 rings (SSSR count). The van der Waals surface area contributed by atoms with Crippen molar-refractivity contribution in [1.29, 1.82) is 0 Å². The van der Waals surface area contributed by atoms with Crippen LogP contribution in [0.4, 0.5) is 0 Å². The Morgan fingerprint density at radius 2 is 2.10 bits per heavy atom. The van der Waals surface area contributed by atoms with E-state index in [1.807, 2.05) is 12.1 Å². The van der Waals surface area contributed by atoms with Crippen LogP contribution in [0.5, 0.6) is 23.0 Å². The molecule has 158 valence electrons. The number of carbonyl (C=O) groups excluding carboxylic acids is 1. The van der Waals surface area contributed by atoms with E-state index in [0.29, 0.717) is 23.9 Å². The van der Waals surface area contributed by atoms with Crippen molar-refractivity contribution >= 4 is 11.7 Å². The molecule has 0 radical (unpaired) electrons. The van der Waals surface area contributed by atoms with Gasteiger partial charge in [0.1, 0.15) is 34.9 Å². The number of hydrogen-bond donors (Lipinski definition) is 3. The number of amides is 1. The quantitative estimate of drug-likeness (QED) is 0.451. The molecular weight excluding hydrogens is 386 g/mol. The molecule has 0 spiro atoms. The predicted octanol–water partition coefficient (Wildman–Crippen LogP) is 2.40. The van der Waals surface area contributed by atoms with Crippen molar-refractivity contribution in [2.45, 2.75) is 19.4 Å². The molecule has 0 fully saturated rings. The van der Waals surface area contributed by atoms with Crippen molar-refractivity contribution < 1.29 is 24.1 Å². The van der Waals surface area contributed by atoms with Crippen molar-refractivity contribution in [1.82, 2.24) is 5.32 Å². The van der Waals surface area contributed by atoms with Crippen LogP contribution in [0.3, 0.4) is 0 Å². The maximum Gasteiger partial charge on any atom is 0.279 e. The molecule has 0 unspecified atom stereocenters. The van der Waals surface area contributed by atoms with Crippen LogP contribution in [0.1, 0.15) is 22.8 Å². The lowest BCUT2D eigenvalue weighted by Crippen LogP contribution is -2.16. The van der Waals surface area contributed by atoms with Gasteiger partial charge < -0.3 is 30.4 Å². The second-order valence-electron chi connectivity index (χ2n) is 6.74. The summed E-state index contributed by atoms with van der Waals surface area (Å²) in [6.07, 6.45) is 3.42. The number of nitrogens with one attached hydrogen (secondary N) is 1. The summed E-state index contributed by atoms with van der Waals surface area (Å²) >= 11 is 0. The Kier molecular flexibility index (Phi) is 6.92. The minimum atomic E-state index is -0.539. The van der Waals surface area contributed by atoms with Gasteiger partial charge in [-0.05, 0) is 49.5 Å². The number of aliphatic hydroxyl groups excluding tert-OH is 1. The number of aliphatic imine (C=N–C) groups is 1. The lowest BCUT2D eigenvalue weighted by atomic mass is 10.1. The molecule has 1 aliphatic heterocycles. The van der Waals surface area contributed by atoms with Crippen LogP contribution in [0.15, 0.2) is 53.7 Å². The Balaban J connectivity index is 1.89. The third-order valence-electron chi connectivity index (χ3n) is 4.27. The van der Waals surface area contributed by atoms with E-state index in [4.69, 9.17) is 19.9 Å². The average Bonchev–Trinajstić information content (AvgIpc) is 3.19. The fourth-order valence-electron chi connectivity index (χ4n) is 2.84. The molecular formula is C22H25N3O5. The molecule has 1 aliphatic rings. The minimum Gasteiger partial charge on any atom is -0.493 e. The van der Waals surface area contributed by atoms with Crippen LogP contribution >= 0.6 is 0 Å². The molecule has 8 heteroatoms. The first kappa shape index (κ1) is 21.2. The van der Waals surface area contributed by atoms with E-state index < -0.39 is 12.0 Å². The predicted molar refractivity (Wildman–Crippen MR) is 113 cm³/mol. The summed E-state index contributed by atoms with van der Waals surface area (Å²) in [5, 5.41) is 12.1. The Morgan fingerprint density at radius 1 is 1.30 bits per heavy atom. The maximum absolute atomic E-state index is 12.6. The fourth-order valence-corrected chi connectivity index (χ4v) is 2.84. The number of benzene rings is 2. The van der Waals surface area contributed by atoms with Crippen LogP contribution in [0, 0.1) is 0 Å². The summed E-state index contributed by atoms with van der Waals surface area (Å²) in [4.78, 5) is 16.5. The first-order valence-corrected chi connectivity index (χ1v) is 9.57. The van der Waals surface area contributed by atoms with Gasteiger partial charge in [-0.3, -0.25) is 4.79 Å². The van der Waals surface area contributed by atoms with Gasteiger partial charge in [-0.2, -0.15) is 4.99 Å². The number of fused-ring (bicyclic) bond motifs is 1. The number of carbonyl (C=O) groups is 1. The SMILES string of the molecule is CN/C=C\C(N)=NC(=O)c1cc(Oc2ccc3c(c2)CCO3)cc(O[C@@H](C)CO)c1. The normalized spacial score (nSPS) is 14.2. The summed E-state index contributed by atoms with van der Waals surface area (Å²) in [7, 11) is 1.71. The van der Waals surface area contributed by atoms with E-state index in [-0.39, 0.29) is 18.0 Å². The van der Waals surface area contributed by atoms with Crippen molar-refractivity contribution in [3.63, 3.8) is 0 Å². The number of hydrogen-bond acceptors (Lipinski definition) is 6. The molecule has 1 atom stereocenters. The number of rotatable bonds is 8. The molecule has 0 aliphatic carbocycles. The maximum atomic E-state index is 12.6. The van der Waals surface area contributed by atoms with Crippen LogP contribution in [-0.4, -0.2) is 43.2 Å². The van der Waals surface area contributed by atoms with Crippen molar-refractivity contribution in [3.8, 4) is 23.0 Å². The standard InChI is InChI=1S/C22H25N3O5/c1-14(13-26)29-18-10-16(22(27)25-21(23)5-7-24-2)11-19(12-18)30-17-3-4-20-15(9-17)6-8-28-20/h3-5,7,9-12,14,24,26H,6,8,13H2,1-2H3,(H2,23,25,27)/b7-5-/t14-/m0/s1. The van der Waals surface area contributed by atoms with Crippen molar-refractivity contribution in [2.75, 3.05) is 20.3 Å². The topological polar surface area (TPSA) is 115 Å². The number of ether oxygens (including phenoxy) is 3. The van der Waals surface area contributed by atoms with Gasteiger partial charge in [0.2, 0.25) is 0 Å². The summed E-state index contributed by atoms with van der Waals surface area (Å²) in [6.45, 7) is 2.20. The van der Waals surface area contributed by atoms with E-state index >= 15 is 0 Å². The molecule has 4 N–H and O–H groups in total. The lowest BCUT2D eigenvalue weighted by molar-refractivity contribution is 0.100. The third kappa shape index (κ3) is 5.51. The Morgan fingerprint density at radius 3 is 2.87 bits per heavy atom. The highest BCUT2D eigenvalue weighted by molar-refractivity contribution is 6.06. The van der Waals surface area contributed by atoms with Crippen LogP contribution in [-0.2, 0) is 6.42 Å². The van der Waals surface area contributed by atoms with E-state index in [9.17, 15) is 9.90 Å². The van der Waals surface area contributed by atoms with E-state index in [0.717, 1.165) is 17.7 Å². The first-order valence-electron chi connectivity index (χ1n) is 9.57. The Bertz CT molecular complexity index is 971. The zero-order chi connectivity index (χ0) is 21.5. The monoisotopic (exact) mass is 411 g/mol. The van der Waals surface area contributed by atoms with Gasteiger partial charge in [0.05, 0.1) is 13.2 Å². The second kappa shape index (κ2) is 9.80. The van der Waals surface area contributed by atoms with Gasteiger partial charge >= 0.3 is 0 Å². The molecule has 1 amide bonds. The zero-order valence-corrected chi connectivity index (χ0v) is 16.9. The number of nitrogens with zero attached hydrogens (tertiary/aromatic N) is 1. The smallest absolute Gasteiger partial charge is 0.279 e. The molecule has 0 bridgehead atoms. The third-order valence-corrected chi connectivity index (χ3v) is 4.27. The van der Waals surface area contributed by atoms with Gasteiger partial charge in [0, 0.05) is 30.7 Å². The second-order valence-corrected chi connectivity index (χ2v) is 6.74. The highest BCUT2D eigenvalue weighted by Gasteiger charge is 2.15. The molecule has 0 aromatic heterocycles.